The molecule has 0 radical (unpaired) electrons. The molecule has 2 aromatic rings. The van der Waals surface area contributed by atoms with E-state index in [9.17, 15) is 57.9 Å². The summed E-state index contributed by atoms with van der Waals surface area (Å²) in [5.74, 6) is -1.13. The minimum Gasteiger partial charge on any atom is -0.386 e. The summed E-state index contributed by atoms with van der Waals surface area (Å²) in [5.41, 5.74) is 4.26. The van der Waals surface area contributed by atoms with Gasteiger partial charge in [0.25, 0.3) is 0 Å². The van der Waals surface area contributed by atoms with E-state index < -0.39 is 84.6 Å². The van der Waals surface area contributed by atoms with Crippen molar-refractivity contribution in [3.8, 4) is 0 Å². The van der Waals surface area contributed by atoms with Gasteiger partial charge in [0.05, 0.1) is 19.5 Å². The number of allylic oxidation sites excluding steroid dienone is 6. The number of anilines is 1. The fraction of sp³-hybridized carbons (Fsp3) is 0.576. The van der Waals surface area contributed by atoms with Crippen LogP contribution in [0.3, 0.4) is 0 Å². The number of amides is 2. The number of aliphatic hydroxyl groups excluding tert-OH is 2. The highest BCUT2D eigenvalue weighted by Crippen LogP contribution is 2.61. The number of nitrogens with zero attached hydrogens (tertiary/aromatic N) is 4. The van der Waals surface area contributed by atoms with Crippen molar-refractivity contribution in [1.82, 2.24) is 30.2 Å². The first-order valence-corrected chi connectivity index (χ1v) is 24.1. The number of nitrogen functional groups attached to an aromatic ring is 1. The van der Waals surface area contributed by atoms with Crippen LogP contribution in [0.4, 0.5) is 5.82 Å². The van der Waals surface area contributed by atoms with Crippen LogP contribution < -0.4 is 16.4 Å². The predicted molar refractivity (Wildman–Crippen MR) is 219 cm³/mol. The molecule has 0 aliphatic carbocycles. The van der Waals surface area contributed by atoms with Crippen molar-refractivity contribution < 1.29 is 80.5 Å². The zero-order chi connectivity index (χ0) is 45.4. The number of phosphoric ester groups is 3. The maximum absolute atomic E-state index is 12.7. The second kappa shape index (κ2) is 24.0. The Morgan fingerprint density at radius 3 is 2.39 bits per heavy atom. The fourth-order valence-electron chi connectivity index (χ4n) is 5.22. The molecule has 1 aliphatic heterocycles. The second-order valence-electron chi connectivity index (χ2n) is 13.9. The Kier molecular flexibility index (Phi) is 20.5. The van der Waals surface area contributed by atoms with Gasteiger partial charge in [-0.3, -0.25) is 32.5 Å². The lowest BCUT2D eigenvalue weighted by Gasteiger charge is -2.30. The van der Waals surface area contributed by atoms with Gasteiger partial charge in [-0.15, -0.1) is 0 Å². The van der Waals surface area contributed by atoms with Gasteiger partial charge in [0.2, 0.25) is 11.8 Å². The van der Waals surface area contributed by atoms with Gasteiger partial charge in [-0.1, -0.05) is 81.8 Å². The van der Waals surface area contributed by atoms with Gasteiger partial charge in [0.1, 0.15) is 36.3 Å². The molecule has 28 heteroatoms. The topological polar surface area (TPSA) is 364 Å². The van der Waals surface area contributed by atoms with E-state index in [0.717, 1.165) is 48.2 Å². The van der Waals surface area contributed by atoms with Crippen molar-refractivity contribution in [3.63, 3.8) is 0 Å². The number of nitrogens with one attached hydrogen (secondary N) is 2. The van der Waals surface area contributed by atoms with Crippen LogP contribution in [-0.4, -0.2) is 123 Å². The maximum Gasteiger partial charge on any atom is 0.481 e. The Balaban J connectivity index is 1.41. The van der Waals surface area contributed by atoms with Crippen LogP contribution in [0, 0.1) is 5.41 Å². The van der Waals surface area contributed by atoms with Gasteiger partial charge < -0.3 is 50.9 Å². The average Bonchev–Trinajstić information content (AvgIpc) is 3.73. The molecule has 342 valence electrons. The van der Waals surface area contributed by atoms with Gasteiger partial charge in [-0.25, -0.2) is 28.6 Å². The maximum atomic E-state index is 12.7. The van der Waals surface area contributed by atoms with E-state index in [-0.39, 0.29) is 48.0 Å². The highest BCUT2D eigenvalue weighted by Gasteiger charge is 2.50. The number of fused-ring (bicyclic) bond motifs is 1. The van der Waals surface area contributed by atoms with Crippen LogP contribution >= 0.6 is 35.2 Å². The number of hydrogen-bond donors (Lipinski definition) is 9. The molecule has 7 unspecified atom stereocenters. The lowest BCUT2D eigenvalue weighted by Crippen LogP contribution is -2.46. The molecule has 61 heavy (non-hydrogen) atoms. The number of nitrogens with two attached hydrogens (primary N) is 1. The number of imidazole rings is 1. The first-order chi connectivity index (χ1) is 28.6. The largest absolute Gasteiger partial charge is 0.481 e. The zero-order valence-corrected chi connectivity index (χ0v) is 36.9. The highest BCUT2D eigenvalue weighted by molar-refractivity contribution is 8.13. The van der Waals surface area contributed by atoms with Gasteiger partial charge in [-0.05, 0) is 6.42 Å². The number of rotatable bonds is 26. The predicted octanol–water partition coefficient (Wildman–Crippen LogP) is 1.91. The smallest absolute Gasteiger partial charge is 0.386 e. The normalized spacial score (nSPS) is 21.3. The molecule has 0 bridgehead atoms. The standard InChI is InChI=1S/C33H52N7O17P3S/c1-4-5-6-7-8-9-10-11-12-13-24(42)61-17-16-35-23(41)14-15-36-31(45)28(44)33(2,3)19-54-60(51,52)57-59(49,50)53-18-22-27(56-58(46,47)48)26(43)32(55-22)40-21-39-25-29(34)37-20-38-30(25)40/h7-12,20-22,26-28,32,43-44H,4-6,13-19H2,1-3H3,(H,35,41)(H,36,45)(H,49,50)(H,51,52)(H2,34,37,38)(H2,46,47,48)/b8-7+,10-9+,12-11+. The van der Waals surface area contributed by atoms with Crippen molar-refractivity contribution >= 4 is 69.1 Å². The minimum atomic E-state index is -5.58. The molecule has 3 rings (SSSR count). The molecule has 1 aliphatic rings. The van der Waals surface area contributed by atoms with E-state index in [1.54, 1.807) is 12.2 Å². The Labute approximate surface area is 354 Å². The van der Waals surface area contributed by atoms with E-state index in [4.69, 9.17) is 19.5 Å². The Morgan fingerprint density at radius 2 is 1.70 bits per heavy atom. The van der Waals surface area contributed by atoms with Crippen molar-refractivity contribution in [2.75, 3.05) is 37.8 Å². The third-order valence-corrected chi connectivity index (χ3v) is 12.4. The number of carbonyl (C=O) groups is 3. The molecule has 0 aromatic carbocycles. The molecule has 2 amide bonds. The minimum absolute atomic E-state index is 0.0295. The summed E-state index contributed by atoms with van der Waals surface area (Å²) < 4.78 is 62.2. The molecular formula is C33H52N7O17P3S. The number of aromatic nitrogens is 4. The number of ether oxygens (including phenoxy) is 1. The van der Waals surface area contributed by atoms with E-state index in [0.29, 0.717) is 5.75 Å². The lowest BCUT2D eigenvalue weighted by atomic mass is 9.87. The third kappa shape index (κ3) is 17.8. The number of phosphoric acid groups is 3. The molecule has 0 spiro atoms. The molecule has 24 nitrogen and oxygen atoms in total. The number of thioether (sulfide) groups is 1. The summed E-state index contributed by atoms with van der Waals surface area (Å²) in [7, 11) is -16.4. The van der Waals surface area contributed by atoms with Crippen LogP contribution in [0.2, 0.25) is 0 Å². The van der Waals surface area contributed by atoms with Crippen molar-refractivity contribution in [1.29, 1.82) is 0 Å². The zero-order valence-electron chi connectivity index (χ0n) is 33.4. The molecular weight excluding hydrogens is 891 g/mol. The quantitative estimate of drug-likeness (QED) is 0.0369. The monoisotopic (exact) mass is 943 g/mol. The summed E-state index contributed by atoms with van der Waals surface area (Å²) in [6, 6.07) is 0. The molecule has 10 N–H and O–H groups in total. The molecule has 7 atom stereocenters. The lowest BCUT2D eigenvalue weighted by molar-refractivity contribution is -0.137. The average molecular weight is 944 g/mol. The third-order valence-electron chi connectivity index (χ3n) is 8.38. The molecule has 3 heterocycles. The van der Waals surface area contributed by atoms with Gasteiger partial charge in [-0.2, -0.15) is 4.31 Å². The Bertz CT molecular complexity index is 2030. The molecule has 1 fully saturated rings. The highest BCUT2D eigenvalue weighted by atomic mass is 32.2. The van der Waals surface area contributed by atoms with Crippen LogP contribution in [-0.2, 0) is 50.7 Å². The number of aliphatic hydroxyl groups is 2. The SMILES string of the molecule is CCCC/C=C/C=C/C=C/CC(=O)SCCNC(=O)CCNC(=O)C(O)C(C)(C)COP(=O)(O)OP(=O)(O)OCC1OC(n2cnc3c(N)ncnc32)C(O)C1OP(=O)(O)O. The van der Waals surface area contributed by atoms with Crippen LogP contribution in [0.1, 0.15) is 59.1 Å². The first kappa shape index (κ1) is 52.1. The Morgan fingerprint density at radius 1 is 1.02 bits per heavy atom. The van der Waals surface area contributed by atoms with Gasteiger partial charge in [0.15, 0.2) is 22.8 Å². The molecule has 2 aromatic heterocycles. The first-order valence-electron chi connectivity index (χ1n) is 18.6. The van der Waals surface area contributed by atoms with Crippen molar-refractivity contribution in [3.05, 3.63) is 49.1 Å². The van der Waals surface area contributed by atoms with Gasteiger partial charge in [0, 0.05) is 37.1 Å². The fourth-order valence-corrected chi connectivity index (χ4v) is 8.70. The van der Waals surface area contributed by atoms with Crippen LogP contribution in [0.15, 0.2) is 49.1 Å². The molecule has 0 saturated carbocycles. The second-order valence-corrected chi connectivity index (χ2v) is 19.3. The summed E-state index contributed by atoms with van der Waals surface area (Å²) in [5, 5.41) is 26.4. The van der Waals surface area contributed by atoms with Crippen LogP contribution in [0.5, 0.6) is 0 Å². The summed E-state index contributed by atoms with van der Waals surface area (Å²) in [6.45, 7) is 2.60. The van der Waals surface area contributed by atoms with E-state index >= 15 is 0 Å². The van der Waals surface area contributed by atoms with E-state index in [1.165, 1.54) is 13.8 Å². The number of carbonyl (C=O) groups excluding carboxylic acids is 3. The number of hydrogen-bond acceptors (Lipinski definition) is 18. The van der Waals surface area contributed by atoms with Crippen molar-refractivity contribution in [2.45, 2.75) is 83.5 Å². The van der Waals surface area contributed by atoms with Gasteiger partial charge >= 0.3 is 23.5 Å². The van der Waals surface area contributed by atoms with E-state index in [2.05, 4.69) is 47.4 Å². The van der Waals surface area contributed by atoms with E-state index in [1.807, 2.05) is 18.2 Å². The van der Waals surface area contributed by atoms with Crippen molar-refractivity contribution in [2.24, 2.45) is 5.41 Å². The van der Waals surface area contributed by atoms with Crippen LogP contribution in [0.25, 0.3) is 11.2 Å². The summed E-state index contributed by atoms with van der Waals surface area (Å²) in [4.78, 5) is 87.8. The number of unbranched alkanes of at least 4 members (excludes halogenated alkanes) is 2. The molecule has 1 saturated heterocycles. The summed E-state index contributed by atoms with van der Waals surface area (Å²) >= 11 is 1.06. The Hall–Kier alpha value is -3.22. The summed E-state index contributed by atoms with van der Waals surface area (Å²) in [6.07, 6.45) is 7.84.